The molecule has 0 amide bonds. The first-order chi connectivity index (χ1) is 7.75. The van der Waals surface area contributed by atoms with Gasteiger partial charge in [0.25, 0.3) is 0 Å². The molecule has 3 rings (SSSR count). The van der Waals surface area contributed by atoms with Gasteiger partial charge in [-0.25, -0.2) is 4.98 Å². The van der Waals surface area contributed by atoms with E-state index in [1.807, 2.05) is 19.1 Å². The molecule has 1 aliphatic heterocycles. The minimum absolute atomic E-state index is 0.813. The second-order valence-electron chi connectivity index (χ2n) is 3.92. The van der Waals surface area contributed by atoms with Gasteiger partial charge in [0.05, 0.1) is 0 Å². The molecule has 2 aromatic heterocycles. The smallest absolute Gasteiger partial charge is 0.204 e. The number of rotatable bonds is 1. The maximum absolute atomic E-state index is 5.59. The number of hydrogen-bond donors (Lipinski definition) is 1. The minimum Gasteiger partial charge on any atom is -0.460 e. The average molecular weight is 282 g/mol. The van der Waals surface area contributed by atoms with Crippen molar-refractivity contribution in [2.75, 3.05) is 11.9 Å². The van der Waals surface area contributed by atoms with Crippen molar-refractivity contribution in [2.24, 2.45) is 0 Å². The number of furan rings is 1. The highest BCUT2D eigenvalue weighted by atomic mass is 79.9. The molecule has 0 radical (unpaired) electrons. The number of aryl methyl sites for hydroxylation is 1. The molecule has 2 aromatic rings. The molecule has 0 saturated carbocycles. The van der Waals surface area contributed by atoms with Gasteiger partial charge >= 0.3 is 0 Å². The first-order valence-electron chi connectivity index (χ1n) is 5.32. The number of hydrogen-bond acceptors (Lipinski definition) is 3. The summed E-state index contributed by atoms with van der Waals surface area (Å²) in [5.41, 5.74) is 0.873. The summed E-state index contributed by atoms with van der Waals surface area (Å²) in [6, 6.07) is 3.90. The second kappa shape index (κ2) is 3.66. The molecule has 84 valence electrons. The Labute approximate surface area is 102 Å². The Morgan fingerprint density at radius 1 is 1.50 bits per heavy atom. The standard InChI is InChI=1S/C11H12BrN3O/c1-7-3-4-8(16-7)9-10(12)15-6-2-5-13-11(15)14-9/h3-4H,2,5-6H2,1H3,(H,13,14). The van der Waals surface area contributed by atoms with Gasteiger partial charge in [-0.1, -0.05) is 0 Å². The number of nitrogens with one attached hydrogen (secondary N) is 1. The highest BCUT2D eigenvalue weighted by Crippen LogP contribution is 2.33. The van der Waals surface area contributed by atoms with Gasteiger partial charge in [-0.15, -0.1) is 0 Å². The summed E-state index contributed by atoms with van der Waals surface area (Å²) in [6.45, 7) is 3.92. The largest absolute Gasteiger partial charge is 0.460 e. The quantitative estimate of drug-likeness (QED) is 0.874. The minimum atomic E-state index is 0.813. The Kier molecular flexibility index (Phi) is 2.28. The Morgan fingerprint density at radius 2 is 2.38 bits per heavy atom. The van der Waals surface area contributed by atoms with Crippen LogP contribution < -0.4 is 5.32 Å². The van der Waals surface area contributed by atoms with Gasteiger partial charge < -0.3 is 14.3 Å². The number of fused-ring (bicyclic) bond motifs is 1. The van der Waals surface area contributed by atoms with Gasteiger partial charge in [0, 0.05) is 13.1 Å². The third-order valence-corrected chi connectivity index (χ3v) is 3.52. The molecule has 4 nitrogen and oxygen atoms in total. The fourth-order valence-corrected chi connectivity index (χ4v) is 2.56. The van der Waals surface area contributed by atoms with E-state index in [1.165, 1.54) is 0 Å². The van der Waals surface area contributed by atoms with E-state index in [-0.39, 0.29) is 0 Å². The van der Waals surface area contributed by atoms with Crippen molar-refractivity contribution in [1.82, 2.24) is 9.55 Å². The van der Waals surface area contributed by atoms with Crippen LogP contribution in [-0.2, 0) is 6.54 Å². The lowest BCUT2D eigenvalue weighted by molar-refractivity contribution is 0.546. The molecule has 0 fully saturated rings. The van der Waals surface area contributed by atoms with E-state index >= 15 is 0 Å². The fraction of sp³-hybridized carbons (Fsp3) is 0.364. The Morgan fingerprint density at radius 3 is 3.06 bits per heavy atom. The van der Waals surface area contributed by atoms with E-state index < -0.39 is 0 Å². The highest BCUT2D eigenvalue weighted by molar-refractivity contribution is 9.10. The molecular weight excluding hydrogens is 270 g/mol. The highest BCUT2D eigenvalue weighted by Gasteiger charge is 2.20. The predicted molar refractivity (Wildman–Crippen MR) is 65.5 cm³/mol. The summed E-state index contributed by atoms with van der Waals surface area (Å²) in [6.07, 6.45) is 1.12. The number of nitrogens with zero attached hydrogens (tertiary/aromatic N) is 2. The van der Waals surface area contributed by atoms with E-state index in [0.29, 0.717) is 0 Å². The maximum Gasteiger partial charge on any atom is 0.204 e. The normalized spacial score (nSPS) is 14.6. The van der Waals surface area contributed by atoms with E-state index in [2.05, 4.69) is 30.8 Å². The summed E-state index contributed by atoms with van der Waals surface area (Å²) >= 11 is 3.58. The third-order valence-electron chi connectivity index (χ3n) is 2.72. The SMILES string of the molecule is Cc1ccc(-c2nc3n(c2Br)CCCN3)o1. The molecule has 1 N–H and O–H groups in total. The number of aromatic nitrogens is 2. The maximum atomic E-state index is 5.59. The van der Waals surface area contributed by atoms with Crippen molar-refractivity contribution in [3.63, 3.8) is 0 Å². The monoisotopic (exact) mass is 281 g/mol. The van der Waals surface area contributed by atoms with Crippen LogP contribution in [0.25, 0.3) is 11.5 Å². The van der Waals surface area contributed by atoms with Gasteiger partial charge in [0.15, 0.2) is 5.76 Å². The molecular formula is C11H12BrN3O. The zero-order valence-electron chi connectivity index (χ0n) is 8.96. The lowest BCUT2D eigenvalue weighted by Crippen LogP contribution is -2.17. The number of halogens is 1. The molecule has 0 bridgehead atoms. The molecule has 0 aromatic carbocycles. The summed E-state index contributed by atoms with van der Waals surface area (Å²) < 4.78 is 8.72. The number of anilines is 1. The van der Waals surface area contributed by atoms with E-state index in [9.17, 15) is 0 Å². The van der Waals surface area contributed by atoms with Crippen LogP contribution in [0.4, 0.5) is 5.95 Å². The van der Waals surface area contributed by atoms with Crippen LogP contribution in [0, 0.1) is 6.92 Å². The molecule has 0 saturated heterocycles. The lowest BCUT2D eigenvalue weighted by Gasteiger charge is -2.15. The van der Waals surface area contributed by atoms with Crippen LogP contribution in [0.1, 0.15) is 12.2 Å². The van der Waals surface area contributed by atoms with E-state index in [1.54, 1.807) is 0 Å². The van der Waals surface area contributed by atoms with Gasteiger partial charge in [0.1, 0.15) is 16.1 Å². The van der Waals surface area contributed by atoms with Crippen molar-refractivity contribution in [3.05, 3.63) is 22.5 Å². The van der Waals surface area contributed by atoms with Crippen molar-refractivity contribution >= 4 is 21.9 Å². The van der Waals surface area contributed by atoms with Crippen LogP contribution in [0.2, 0.25) is 0 Å². The van der Waals surface area contributed by atoms with E-state index in [4.69, 9.17) is 4.42 Å². The van der Waals surface area contributed by atoms with Crippen LogP contribution in [0.3, 0.4) is 0 Å². The molecule has 16 heavy (non-hydrogen) atoms. The number of imidazole rings is 1. The van der Waals surface area contributed by atoms with Gasteiger partial charge in [-0.2, -0.15) is 0 Å². The van der Waals surface area contributed by atoms with Gasteiger partial charge in [-0.05, 0) is 41.4 Å². The van der Waals surface area contributed by atoms with Crippen molar-refractivity contribution in [1.29, 1.82) is 0 Å². The van der Waals surface area contributed by atoms with Crippen LogP contribution in [-0.4, -0.2) is 16.1 Å². The van der Waals surface area contributed by atoms with Gasteiger partial charge in [0.2, 0.25) is 5.95 Å². The summed E-state index contributed by atoms with van der Waals surface area (Å²) in [5, 5.41) is 3.28. The van der Waals surface area contributed by atoms with Gasteiger partial charge in [-0.3, -0.25) is 0 Å². The van der Waals surface area contributed by atoms with Crippen LogP contribution >= 0.6 is 15.9 Å². The fourth-order valence-electron chi connectivity index (χ4n) is 1.93. The Hall–Kier alpha value is -1.23. The van der Waals surface area contributed by atoms with Crippen LogP contribution in [0.15, 0.2) is 21.2 Å². The predicted octanol–water partition coefficient (Wildman–Crippen LogP) is 3.03. The van der Waals surface area contributed by atoms with Crippen molar-refractivity contribution < 1.29 is 4.42 Å². The third kappa shape index (κ3) is 1.46. The topological polar surface area (TPSA) is 43.0 Å². The summed E-state index contributed by atoms with van der Waals surface area (Å²) in [4.78, 5) is 4.55. The van der Waals surface area contributed by atoms with Crippen molar-refractivity contribution in [2.45, 2.75) is 19.9 Å². The zero-order valence-corrected chi connectivity index (χ0v) is 10.5. The molecule has 0 spiro atoms. The molecule has 0 aliphatic carbocycles. The average Bonchev–Trinajstić information content (AvgIpc) is 2.84. The first-order valence-corrected chi connectivity index (χ1v) is 6.12. The van der Waals surface area contributed by atoms with Crippen molar-refractivity contribution in [3.8, 4) is 11.5 Å². The molecule has 1 aliphatic rings. The molecule has 5 heteroatoms. The summed E-state index contributed by atoms with van der Waals surface area (Å²) in [5.74, 6) is 2.64. The summed E-state index contributed by atoms with van der Waals surface area (Å²) in [7, 11) is 0. The second-order valence-corrected chi connectivity index (χ2v) is 4.67. The Bertz CT molecular complexity index is 529. The lowest BCUT2D eigenvalue weighted by atomic mass is 10.3. The van der Waals surface area contributed by atoms with E-state index in [0.717, 1.165) is 47.3 Å². The molecule has 0 unspecified atom stereocenters. The molecule has 3 heterocycles. The zero-order chi connectivity index (χ0) is 11.1. The Balaban J connectivity index is 2.11. The van der Waals surface area contributed by atoms with Crippen LogP contribution in [0.5, 0.6) is 0 Å². The first kappa shape index (κ1) is 9.96. The molecule has 0 atom stereocenters.